The summed E-state index contributed by atoms with van der Waals surface area (Å²) in [6.07, 6.45) is 16.0. The highest BCUT2D eigenvalue weighted by atomic mass is 16.5. The summed E-state index contributed by atoms with van der Waals surface area (Å²) < 4.78 is 5.72. The lowest BCUT2D eigenvalue weighted by molar-refractivity contribution is 0.0763. The first-order chi connectivity index (χ1) is 9.78. The molecule has 0 unspecified atom stereocenters. The molecule has 0 saturated heterocycles. The fourth-order valence-corrected chi connectivity index (χ4v) is 4.17. The first-order valence-electron chi connectivity index (χ1n) is 9.35. The maximum atomic E-state index is 5.72. The number of hydrogen-bond donors (Lipinski definition) is 0. The third-order valence-corrected chi connectivity index (χ3v) is 5.79. The standard InChI is InChI=1S/C19H36O/c1-3-14-20-15-19-12-10-18(11-13-19)9-8-17-6-4-16(2)5-7-17/h16-19H,3-15H2,1-2H3. The van der Waals surface area contributed by atoms with Crippen LogP contribution in [0.1, 0.15) is 84.5 Å². The van der Waals surface area contributed by atoms with Crippen molar-refractivity contribution in [2.75, 3.05) is 13.2 Å². The van der Waals surface area contributed by atoms with E-state index in [1.54, 1.807) is 0 Å². The van der Waals surface area contributed by atoms with Gasteiger partial charge < -0.3 is 4.74 Å². The van der Waals surface area contributed by atoms with Gasteiger partial charge in [0.25, 0.3) is 0 Å². The monoisotopic (exact) mass is 280 g/mol. The normalized spacial score (nSPS) is 35.1. The highest BCUT2D eigenvalue weighted by Gasteiger charge is 2.23. The highest BCUT2D eigenvalue weighted by Crippen LogP contribution is 2.36. The van der Waals surface area contributed by atoms with Gasteiger partial charge in [0.1, 0.15) is 0 Å². The van der Waals surface area contributed by atoms with E-state index in [4.69, 9.17) is 4.74 Å². The first kappa shape index (κ1) is 16.3. The summed E-state index contributed by atoms with van der Waals surface area (Å²) in [4.78, 5) is 0. The van der Waals surface area contributed by atoms with Crippen molar-refractivity contribution in [3.05, 3.63) is 0 Å². The van der Waals surface area contributed by atoms with Gasteiger partial charge in [-0.2, -0.15) is 0 Å². The Morgan fingerprint density at radius 1 is 0.750 bits per heavy atom. The van der Waals surface area contributed by atoms with Crippen LogP contribution in [-0.4, -0.2) is 13.2 Å². The fraction of sp³-hybridized carbons (Fsp3) is 1.00. The quantitative estimate of drug-likeness (QED) is 0.533. The highest BCUT2D eigenvalue weighted by molar-refractivity contribution is 4.75. The average molecular weight is 280 g/mol. The molecule has 0 amide bonds. The Balaban J connectivity index is 1.53. The minimum absolute atomic E-state index is 0.869. The predicted molar refractivity (Wildman–Crippen MR) is 86.9 cm³/mol. The number of ether oxygens (including phenoxy) is 1. The molecule has 0 N–H and O–H groups in total. The Labute approximate surface area is 126 Å². The molecule has 0 heterocycles. The van der Waals surface area contributed by atoms with Crippen LogP contribution in [0.2, 0.25) is 0 Å². The second kappa shape index (κ2) is 9.07. The molecule has 0 radical (unpaired) electrons. The summed E-state index contributed by atoms with van der Waals surface area (Å²) >= 11 is 0. The molecule has 1 heteroatoms. The molecule has 0 bridgehead atoms. The SMILES string of the molecule is CCCOCC1CCC(CCC2CCC(C)CC2)CC1. The Bertz CT molecular complexity index is 234. The summed E-state index contributed by atoms with van der Waals surface area (Å²) in [5.41, 5.74) is 0. The van der Waals surface area contributed by atoms with Gasteiger partial charge in [0.2, 0.25) is 0 Å². The minimum Gasteiger partial charge on any atom is -0.381 e. The van der Waals surface area contributed by atoms with Gasteiger partial charge in [0.15, 0.2) is 0 Å². The second-order valence-electron chi connectivity index (χ2n) is 7.66. The molecular formula is C19H36O. The Morgan fingerprint density at radius 3 is 1.80 bits per heavy atom. The van der Waals surface area contributed by atoms with E-state index in [9.17, 15) is 0 Å². The second-order valence-corrected chi connectivity index (χ2v) is 7.66. The molecule has 0 aromatic carbocycles. The van der Waals surface area contributed by atoms with Crippen molar-refractivity contribution >= 4 is 0 Å². The molecule has 2 saturated carbocycles. The lowest BCUT2D eigenvalue weighted by atomic mass is 9.76. The summed E-state index contributed by atoms with van der Waals surface area (Å²) in [7, 11) is 0. The molecule has 2 rings (SSSR count). The average Bonchev–Trinajstić information content (AvgIpc) is 2.48. The van der Waals surface area contributed by atoms with Crippen molar-refractivity contribution in [2.24, 2.45) is 23.7 Å². The lowest BCUT2D eigenvalue weighted by Crippen LogP contribution is -2.20. The summed E-state index contributed by atoms with van der Waals surface area (Å²) in [6, 6.07) is 0. The van der Waals surface area contributed by atoms with Crippen LogP contribution in [0.4, 0.5) is 0 Å². The van der Waals surface area contributed by atoms with Gasteiger partial charge in [-0.25, -0.2) is 0 Å². The smallest absolute Gasteiger partial charge is 0.0494 e. The Morgan fingerprint density at radius 2 is 1.25 bits per heavy atom. The third kappa shape index (κ3) is 5.76. The van der Waals surface area contributed by atoms with Crippen molar-refractivity contribution in [1.82, 2.24) is 0 Å². The van der Waals surface area contributed by atoms with Gasteiger partial charge >= 0.3 is 0 Å². The first-order valence-corrected chi connectivity index (χ1v) is 9.35. The molecular weight excluding hydrogens is 244 g/mol. The summed E-state index contributed by atoms with van der Waals surface area (Å²) in [5.74, 6) is 3.98. The summed E-state index contributed by atoms with van der Waals surface area (Å²) in [6.45, 7) is 6.61. The van der Waals surface area contributed by atoms with Gasteiger partial charge in [-0.05, 0) is 42.9 Å². The third-order valence-electron chi connectivity index (χ3n) is 5.79. The molecule has 1 nitrogen and oxygen atoms in total. The molecule has 20 heavy (non-hydrogen) atoms. The van der Waals surface area contributed by atoms with E-state index >= 15 is 0 Å². The predicted octanol–water partition coefficient (Wildman–Crippen LogP) is 5.83. The van der Waals surface area contributed by atoms with Gasteiger partial charge in [0, 0.05) is 13.2 Å². The van der Waals surface area contributed by atoms with E-state index in [0.717, 1.165) is 43.3 Å². The van der Waals surface area contributed by atoms with Gasteiger partial charge in [-0.15, -0.1) is 0 Å². The van der Waals surface area contributed by atoms with Gasteiger partial charge in [0.05, 0.1) is 0 Å². The fourth-order valence-electron chi connectivity index (χ4n) is 4.17. The van der Waals surface area contributed by atoms with Crippen LogP contribution in [0.3, 0.4) is 0 Å². The van der Waals surface area contributed by atoms with E-state index < -0.39 is 0 Å². The van der Waals surface area contributed by atoms with Crippen LogP contribution in [0.5, 0.6) is 0 Å². The molecule has 0 atom stereocenters. The zero-order valence-corrected chi connectivity index (χ0v) is 13.9. The van der Waals surface area contributed by atoms with Gasteiger partial charge in [-0.1, -0.05) is 65.2 Å². The Kier molecular flexibility index (Phi) is 7.41. The van der Waals surface area contributed by atoms with Crippen molar-refractivity contribution < 1.29 is 4.74 Å². The zero-order valence-electron chi connectivity index (χ0n) is 13.9. The molecule has 0 aliphatic heterocycles. The largest absolute Gasteiger partial charge is 0.381 e. The van der Waals surface area contributed by atoms with Crippen LogP contribution in [-0.2, 0) is 4.74 Å². The zero-order chi connectivity index (χ0) is 14.2. The maximum absolute atomic E-state index is 5.72. The van der Waals surface area contributed by atoms with E-state index in [1.807, 2.05) is 0 Å². The topological polar surface area (TPSA) is 9.23 Å². The van der Waals surface area contributed by atoms with Crippen molar-refractivity contribution in [1.29, 1.82) is 0 Å². The number of rotatable bonds is 7. The van der Waals surface area contributed by atoms with Gasteiger partial charge in [-0.3, -0.25) is 0 Å². The van der Waals surface area contributed by atoms with Crippen LogP contribution in [0.15, 0.2) is 0 Å². The van der Waals surface area contributed by atoms with E-state index in [-0.39, 0.29) is 0 Å². The van der Waals surface area contributed by atoms with Crippen LogP contribution in [0.25, 0.3) is 0 Å². The maximum Gasteiger partial charge on any atom is 0.0494 e. The van der Waals surface area contributed by atoms with Crippen molar-refractivity contribution in [2.45, 2.75) is 84.5 Å². The lowest BCUT2D eigenvalue weighted by Gasteiger charge is -2.31. The van der Waals surface area contributed by atoms with E-state index in [0.29, 0.717) is 0 Å². The van der Waals surface area contributed by atoms with Crippen LogP contribution < -0.4 is 0 Å². The minimum atomic E-state index is 0.869. The van der Waals surface area contributed by atoms with Crippen LogP contribution >= 0.6 is 0 Å². The summed E-state index contributed by atoms with van der Waals surface area (Å²) in [5, 5.41) is 0. The molecule has 0 aromatic heterocycles. The van der Waals surface area contributed by atoms with E-state index in [1.165, 1.54) is 64.2 Å². The van der Waals surface area contributed by atoms with Crippen molar-refractivity contribution in [3.8, 4) is 0 Å². The molecule has 0 spiro atoms. The van der Waals surface area contributed by atoms with E-state index in [2.05, 4.69) is 13.8 Å². The molecule has 118 valence electrons. The number of hydrogen-bond acceptors (Lipinski definition) is 1. The molecule has 0 aromatic rings. The Hall–Kier alpha value is -0.0400. The molecule has 2 fully saturated rings. The molecule has 2 aliphatic carbocycles. The van der Waals surface area contributed by atoms with Crippen molar-refractivity contribution in [3.63, 3.8) is 0 Å². The molecule has 2 aliphatic rings. The van der Waals surface area contributed by atoms with Crippen LogP contribution in [0, 0.1) is 23.7 Å².